The summed E-state index contributed by atoms with van der Waals surface area (Å²) in [5, 5.41) is 0. The van der Waals surface area contributed by atoms with E-state index in [-0.39, 0.29) is 72.7 Å². The van der Waals surface area contributed by atoms with Crippen molar-refractivity contribution in [1.82, 2.24) is 0 Å². The van der Waals surface area contributed by atoms with Crippen LogP contribution >= 0.6 is 0 Å². The average Bonchev–Trinajstić information content (AvgIpc) is 0.884. The van der Waals surface area contributed by atoms with Crippen LogP contribution in [0.25, 0.3) is 0 Å². The van der Waals surface area contributed by atoms with Crippen LogP contribution in [-0.4, -0.2) is 93.1 Å². The van der Waals surface area contributed by atoms with Gasteiger partial charge in [-0.1, -0.05) is 249 Å². The highest BCUT2D eigenvalue weighted by Crippen LogP contribution is 2.43. The summed E-state index contributed by atoms with van der Waals surface area (Å²) in [6.07, 6.45) is -4.33. The van der Waals surface area contributed by atoms with Gasteiger partial charge in [0, 0.05) is 0 Å². The quantitative estimate of drug-likeness (QED) is 0.0213. The van der Waals surface area contributed by atoms with Crippen molar-refractivity contribution >= 4 is 6.29 Å². The first-order valence-corrected chi connectivity index (χ1v) is 30.4. The molecule has 10 atom stereocenters. The Kier molecular flexibility index (Phi) is 24.5. The zero-order valence-corrected chi connectivity index (χ0v) is 49.8. The minimum atomic E-state index is -2.27. The summed E-state index contributed by atoms with van der Waals surface area (Å²) in [5.74, 6) is -4.16. The van der Waals surface area contributed by atoms with E-state index >= 15 is 0 Å². The number of rotatable bonds is 35. The molecule has 10 rings (SSSR count). The molecule has 0 saturated carbocycles. The van der Waals surface area contributed by atoms with Crippen LogP contribution in [0, 0.1) is 0 Å². The van der Waals surface area contributed by atoms with Crippen LogP contribution in [0.4, 0.5) is 0 Å². The third-order valence-corrected chi connectivity index (χ3v) is 15.5. The Labute approximate surface area is 518 Å². The monoisotopic (exact) mass is 1190 g/mol. The Hall–Kier alpha value is -7.31. The predicted octanol–water partition coefficient (Wildman–Crippen LogP) is 13.3. The molecule has 13 nitrogen and oxygen atoms in total. The van der Waals surface area contributed by atoms with Crippen LogP contribution in [0.1, 0.15) is 57.3 Å². The minimum absolute atomic E-state index is 0.0253. The maximum atomic E-state index is 15.0. The molecule has 13 heteroatoms. The van der Waals surface area contributed by atoms with Crippen LogP contribution < -0.4 is 0 Å². The number of carbonyl (C=O) groups is 1. The Morgan fingerprint density at radius 3 is 1.02 bits per heavy atom. The lowest BCUT2D eigenvalue weighted by Gasteiger charge is -2.54. The third kappa shape index (κ3) is 18.2. The number of hydrogen-bond acceptors (Lipinski definition) is 13. The van der Waals surface area contributed by atoms with Gasteiger partial charge in [0.15, 0.2) is 6.29 Å². The van der Waals surface area contributed by atoms with E-state index in [0.717, 1.165) is 44.5 Å². The standard InChI is InChI=1S/C75H80O13/c1-2-3-28-45-85-75(73(84-53-65-43-26-11-27-44-65)71(82-51-63-39-22-9-23-40-63)69(80-49-61-35-18-7-19-36-61)67(88-75)55-78-47-59-31-14-5-15-32-59)57-86-74(56-76)72(83-52-64-41-24-10-25-42-64)70(81-50-62-37-20-8-21-38-62)68(79-48-60-33-16-6-17-34-60)66(87-74)54-77-46-58-29-12-4-13-30-58/h2,4-27,29-44,56,66-73H,1,3,28,45-55,57H2/t66-,67-,68+,69+,70+,71+,72-,73-,74+,75+/m1/s1. The zero-order valence-electron chi connectivity index (χ0n) is 49.8. The molecule has 0 aliphatic carbocycles. The Morgan fingerprint density at radius 2 is 0.670 bits per heavy atom. The molecule has 0 N–H and O–H groups in total. The van der Waals surface area contributed by atoms with Crippen molar-refractivity contribution < 1.29 is 61.6 Å². The molecule has 2 heterocycles. The topological polar surface area (TPSA) is 128 Å². The SMILES string of the molecule is C=CCCCO[C@@]1(CO[C@@]2(C=O)O[C@H](COCc3ccccc3)[C@H](OCc3ccccc3)[C@H](OCc3ccccc3)[C@H]2OCc2ccccc2)O[C@H](COCc2ccccc2)[C@H](OCc2ccccc2)[C@H](OCc2ccccc2)[C@H]1OCc1ccccc1. The van der Waals surface area contributed by atoms with Crippen LogP contribution in [0.3, 0.4) is 0 Å². The van der Waals surface area contributed by atoms with E-state index in [1.165, 1.54) is 0 Å². The number of allylic oxidation sites excluding steroid dienone is 1. The van der Waals surface area contributed by atoms with Crippen LogP contribution in [-0.2, 0) is 114 Å². The van der Waals surface area contributed by atoms with E-state index < -0.39 is 67.0 Å². The minimum Gasteiger partial charge on any atom is -0.374 e. The fourth-order valence-electron chi connectivity index (χ4n) is 11.0. The molecule has 0 bridgehead atoms. The van der Waals surface area contributed by atoms with Gasteiger partial charge in [0.1, 0.15) is 55.4 Å². The highest BCUT2D eigenvalue weighted by Gasteiger charge is 2.63. The Bertz CT molecular complexity index is 3210. The first kappa shape index (κ1) is 63.7. The molecule has 0 spiro atoms. The maximum Gasteiger partial charge on any atom is 0.256 e. The summed E-state index contributed by atoms with van der Waals surface area (Å²) in [5.41, 5.74) is 7.31. The van der Waals surface area contributed by atoms with Gasteiger partial charge in [-0.25, -0.2) is 0 Å². The largest absolute Gasteiger partial charge is 0.374 e. The van der Waals surface area contributed by atoms with Gasteiger partial charge in [0.2, 0.25) is 5.79 Å². The highest BCUT2D eigenvalue weighted by atomic mass is 16.8. The summed E-state index contributed by atoms with van der Waals surface area (Å²) < 4.78 is 85.6. The molecular weight excluding hydrogens is 1110 g/mol. The van der Waals surface area contributed by atoms with Gasteiger partial charge in [0.25, 0.3) is 5.79 Å². The van der Waals surface area contributed by atoms with Gasteiger partial charge in [-0.3, -0.25) is 4.79 Å². The van der Waals surface area contributed by atoms with E-state index in [2.05, 4.69) is 6.58 Å². The summed E-state index contributed by atoms with van der Waals surface area (Å²) >= 11 is 0. The second-order valence-electron chi connectivity index (χ2n) is 22.0. The van der Waals surface area contributed by atoms with E-state index in [1.807, 2.05) is 249 Å². The fraction of sp³-hybridized carbons (Fsp3) is 0.320. The molecule has 2 aliphatic heterocycles. The van der Waals surface area contributed by atoms with Crippen LogP contribution in [0.5, 0.6) is 0 Å². The molecule has 2 aliphatic rings. The summed E-state index contributed by atoms with van der Waals surface area (Å²) in [4.78, 5) is 15.0. The third-order valence-electron chi connectivity index (χ3n) is 15.5. The molecule has 458 valence electrons. The second kappa shape index (κ2) is 33.9. The molecule has 2 saturated heterocycles. The number of benzene rings is 8. The molecule has 0 aromatic heterocycles. The molecule has 2 fully saturated rings. The number of hydrogen-bond donors (Lipinski definition) is 0. The van der Waals surface area contributed by atoms with Crippen LogP contribution in [0.2, 0.25) is 0 Å². The van der Waals surface area contributed by atoms with Crippen molar-refractivity contribution in [3.63, 3.8) is 0 Å². The predicted molar refractivity (Wildman–Crippen MR) is 335 cm³/mol. The number of aldehydes is 1. The number of ether oxygens (including phenoxy) is 12. The Balaban J connectivity index is 1.10. The van der Waals surface area contributed by atoms with E-state index in [0.29, 0.717) is 19.1 Å². The summed E-state index contributed by atoms with van der Waals surface area (Å²) in [6, 6.07) is 79.0. The van der Waals surface area contributed by atoms with E-state index in [9.17, 15) is 4.79 Å². The molecule has 0 amide bonds. The number of unbranched alkanes of at least 4 members (excludes halogenated alkanes) is 1. The van der Waals surface area contributed by atoms with Crippen molar-refractivity contribution in [3.8, 4) is 0 Å². The van der Waals surface area contributed by atoms with E-state index in [4.69, 9.17) is 56.8 Å². The van der Waals surface area contributed by atoms with Crippen molar-refractivity contribution in [1.29, 1.82) is 0 Å². The molecule has 0 radical (unpaired) electrons. The lowest BCUT2D eigenvalue weighted by Crippen LogP contribution is -2.72. The van der Waals surface area contributed by atoms with Crippen LogP contribution in [0.15, 0.2) is 255 Å². The van der Waals surface area contributed by atoms with E-state index in [1.54, 1.807) is 0 Å². The van der Waals surface area contributed by atoms with Crippen molar-refractivity contribution in [2.24, 2.45) is 0 Å². The molecule has 8 aromatic carbocycles. The number of carbonyl (C=O) groups excluding carboxylic acids is 1. The molecule has 8 aromatic rings. The van der Waals surface area contributed by atoms with Gasteiger partial charge in [-0.2, -0.15) is 0 Å². The lowest BCUT2D eigenvalue weighted by atomic mass is 9.90. The molecular formula is C75H80O13. The lowest BCUT2D eigenvalue weighted by molar-refractivity contribution is -0.418. The molecule has 88 heavy (non-hydrogen) atoms. The van der Waals surface area contributed by atoms with Gasteiger partial charge in [-0.05, 0) is 57.3 Å². The fourth-order valence-corrected chi connectivity index (χ4v) is 11.0. The molecule has 0 unspecified atom stereocenters. The summed E-state index contributed by atoms with van der Waals surface area (Å²) in [7, 11) is 0. The van der Waals surface area contributed by atoms with Crippen molar-refractivity contribution in [2.75, 3.05) is 26.4 Å². The van der Waals surface area contributed by atoms with Crippen molar-refractivity contribution in [3.05, 3.63) is 300 Å². The van der Waals surface area contributed by atoms with Gasteiger partial charge >= 0.3 is 0 Å². The first-order chi connectivity index (χ1) is 43.5. The van der Waals surface area contributed by atoms with Gasteiger partial charge in [-0.15, -0.1) is 6.58 Å². The van der Waals surface area contributed by atoms with Gasteiger partial charge in [0.05, 0.1) is 72.7 Å². The smallest absolute Gasteiger partial charge is 0.256 e. The normalized spacial score (nSPS) is 23.5. The first-order valence-electron chi connectivity index (χ1n) is 30.4. The Morgan fingerprint density at radius 1 is 0.364 bits per heavy atom. The average molecular weight is 1190 g/mol. The van der Waals surface area contributed by atoms with Crippen molar-refractivity contribution in [2.45, 2.75) is 126 Å². The zero-order chi connectivity index (χ0) is 60.3. The maximum absolute atomic E-state index is 15.0. The highest BCUT2D eigenvalue weighted by molar-refractivity contribution is 5.62. The summed E-state index contributed by atoms with van der Waals surface area (Å²) in [6.45, 7) is 5.02. The van der Waals surface area contributed by atoms with Gasteiger partial charge < -0.3 is 56.8 Å². The second-order valence-corrected chi connectivity index (χ2v) is 22.0.